The highest BCUT2D eigenvalue weighted by Crippen LogP contribution is 2.34. The average molecular weight is 356 g/mol. The highest BCUT2D eigenvalue weighted by Gasteiger charge is 2.17. The molecule has 0 amide bonds. The van der Waals surface area contributed by atoms with E-state index in [-0.39, 0.29) is 0 Å². The molecule has 0 aliphatic carbocycles. The summed E-state index contributed by atoms with van der Waals surface area (Å²) in [5.41, 5.74) is 3.53. The van der Waals surface area contributed by atoms with E-state index in [1.807, 2.05) is 41.8 Å². The Balaban J connectivity index is 1.58. The molecule has 3 heterocycles. The lowest BCUT2D eigenvalue weighted by Gasteiger charge is -2.17. The number of hydrogen-bond donors (Lipinski definition) is 2. The molecule has 0 bridgehead atoms. The zero-order valence-electron chi connectivity index (χ0n) is 13.3. The van der Waals surface area contributed by atoms with E-state index in [9.17, 15) is 0 Å². The van der Waals surface area contributed by atoms with Gasteiger partial charge < -0.3 is 14.8 Å². The lowest BCUT2D eigenvalue weighted by Crippen LogP contribution is -2.15. The maximum atomic E-state index is 6.17. The van der Waals surface area contributed by atoms with Gasteiger partial charge in [-0.25, -0.2) is 9.50 Å². The lowest BCUT2D eigenvalue weighted by molar-refractivity contribution is 0.172. The van der Waals surface area contributed by atoms with Crippen molar-refractivity contribution in [3.63, 3.8) is 0 Å². The van der Waals surface area contributed by atoms with E-state index < -0.39 is 0 Å². The molecule has 2 N–H and O–H groups in total. The van der Waals surface area contributed by atoms with Crippen LogP contribution in [0.1, 0.15) is 5.56 Å². The minimum absolute atomic E-state index is 0.546. The van der Waals surface area contributed by atoms with Crippen LogP contribution in [-0.2, 0) is 0 Å². The van der Waals surface area contributed by atoms with Crippen LogP contribution in [0.15, 0.2) is 30.3 Å². The molecule has 2 aromatic heterocycles. The van der Waals surface area contributed by atoms with Gasteiger partial charge in [-0.2, -0.15) is 4.98 Å². The molecular weight excluding hydrogens is 342 g/mol. The highest BCUT2D eigenvalue weighted by molar-refractivity contribution is 6.31. The van der Waals surface area contributed by atoms with Crippen LogP contribution in [0.25, 0.3) is 16.8 Å². The number of anilines is 2. The van der Waals surface area contributed by atoms with Crippen molar-refractivity contribution in [2.45, 2.75) is 6.92 Å². The molecule has 2 aromatic carbocycles. The van der Waals surface area contributed by atoms with Crippen molar-refractivity contribution in [3.05, 3.63) is 40.9 Å². The van der Waals surface area contributed by atoms with Crippen LogP contribution >= 0.6 is 11.6 Å². The Kier molecular flexibility index (Phi) is 3.05. The van der Waals surface area contributed by atoms with E-state index >= 15 is 0 Å². The van der Waals surface area contributed by atoms with E-state index in [4.69, 9.17) is 21.1 Å². The number of nitrogens with one attached hydrogen (secondary N) is 2. The van der Waals surface area contributed by atoms with Gasteiger partial charge in [0.05, 0.1) is 11.0 Å². The van der Waals surface area contributed by atoms with Gasteiger partial charge in [-0.3, -0.25) is 5.10 Å². The van der Waals surface area contributed by atoms with Crippen molar-refractivity contribution < 1.29 is 9.47 Å². The third-order valence-electron chi connectivity index (χ3n) is 4.25. The van der Waals surface area contributed by atoms with Crippen molar-refractivity contribution in [1.82, 2.24) is 19.6 Å². The van der Waals surface area contributed by atoms with Crippen LogP contribution in [0.5, 0.6) is 11.5 Å². The summed E-state index contributed by atoms with van der Waals surface area (Å²) in [6.07, 6.45) is 0. The zero-order chi connectivity index (χ0) is 17.0. The number of halogens is 1. The van der Waals surface area contributed by atoms with Crippen molar-refractivity contribution in [2.75, 3.05) is 18.5 Å². The Morgan fingerprint density at radius 2 is 1.96 bits per heavy atom. The predicted molar refractivity (Wildman–Crippen MR) is 95.3 cm³/mol. The van der Waals surface area contributed by atoms with Gasteiger partial charge >= 0.3 is 0 Å². The number of nitrogens with zero attached hydrogens (tertiary/aromatic N) is 3. The third-order valence-corrected chi connectivity index (χ3v) is 4.66. The summed E-state index contributed by atoms with van der Waals surface area (Å²) < 4.78 is 13.1. The van der Waals surface area contributed by atoms with Crippen LogP contribution in [0.2, 0.25) is 5.02 Å². The normalized spacial score (nSPS) is 13.5. The number of rotatable bonds is 2. The van der Waals surface area contributed by atoms with E-state index in [0.29, 0.717) is 35.7 Å². The summed E-state index contributed by atoms with van der Waals surface area (Å²) in [6.45, 7) is 3.05. The van der Waals surface area contributed by atoms with Gasteiger partial charge in [0.2, 0.25) is 5.95 Å². The van der Waals surface area contributed by atoms with Gasteiger partial charge in [0, 0.05) is 22.8 Å². The van der Waals surface area contributed by atoms with Gasteiger partial charge in [0.15, 0.2) is 11.5 Å². The Hall–Kier alpha value is -2.93. The van der Waals surface area contributed by atoms with Gasteiger partial charge in [0.1, 0.15) is 13.2 Å². The van der Waals surface area contributed by atoms with Gasteiger partial charge in [-0.05, 0) is 24.6 Å². The van der Waals surface area contributed by atoms with Gasteiger partial charge in [-0.1, -0.05) is 17.7 Å². The van der Waals surface area contributed by atoms with E-state index in [0.717, 1.165) is 28.0 Å². The Morgan fingerprint density at radius 1 is 1.16 bits per heavy atom. The standard InChI is InChI=1S/C17H14ClN5O2/c1-9-10(18)3-2-4-11(9)19-16-21-17-20-12-7-14-15(25-6-5-24-14)8-13(12)23(17)22-16/h2-4,7-8H,5-6H2,1H3,(H2,19,20,21,22). The number of benzene rings is 2. The second-order valence-electron chi connectivity index (χ2n) is 5.84. The second-order valence-corrected chi connectivity index (χ2v) is 6.25. The molecule has 4 aromatic rings. The topological polar surface area (TPSA) is 76.5 Å². The molecule has 25 heavy (non-hydrogen) atoms. The summed E-state index contributed by atoms with van der Waals surface area (Å²) in [7, 11) is 0. The summed E-state index contributed by atoms with van der Waals surface area (Å²) in [4.78, 5) is 9.05. The van der Waals surface area contributed by atoms with Crippen LogP contribution in [-0.4, -0.2) is 32.8 Å². The minimum Gasteiger partial charge on any atom is -0.486 e. The number of hydrogen-bond acceptors (Lipinski definition) is 5. The van der Waals surface area contributed by atoms with Gasteiger partial charge in [0.25, 0.3) is 5.78 Å². The molecule has 0 saturated heterocycles. The number of imidazole rings is 1. The largest absolute Gasteiger partial charge is 0.486 e. The molecule has 7 nitrogen and oxygen atoms in total. The first-order valence-electron chi connectivity index (χ1n) is 7.89. The predicted octanol–water partition coefficient (Wildman–Crippen LogP) is 3.69. The van der Waals surface area contributed by atoms with Gasteiger partial charge in [-0.15, -0.1) is 0 Å². The molecule has 0 atom stereocenters. The zero-order valence-corrected chi connectivity index (χ0v) is 14.1. The molecule has 0 radical (unpaired) electrons. The van der Waals surface area contributed by atoms with E-state index in [1.54, 1.807) is 0 Å². The molecule has 1 aliphatic rings. The molecule has 0 fully saturated rings. The van der Waals surface area contributed by atoms with Crippen LogP contribution in [0, 0.1) is 6.92 Å². The second kappa shape index (κ2) is 5.29. The summed E-state index contributed by atoms with van der Waals surface area (Å²) in [6, 6.07) is 9.49. The van der Waals surface area contributed by atoms with Crippen LogP contribution < -0.4 is 14.8 Å². The van der Waals surface area contributed by atoms with Crippen LogP contribution in [0.3, 0.4) is 0 Å². The number of aromatic amines is 1. The minimum atomic E-state index is 0.546. The number of aromatic nitrogens is 4. The first kappa shape index (κ1) is 14.4. The fourth-order valence-electron chi connectivity index (χ4n) is 2.94. The highest BCUT2D eigenvalue weighted by atomic mass is 35.5. The monoisotopic (exact) mass is 355 g/mol. The smallest absolute Gasteiger partial charge is 0.253 e. The van der Waals surface area contributed by atoms with Crippen molar-refractivity contribution in [2.24, 2.45) is 0 Å². The van der Waals surface area contributed by atoms with E-state index in [2.05, 4.69) is 20.4 Å². The Morgan fingerprint density at radius 3 is 2.80 bits per heavy atom. The number of fused-ring (bicyclic) bond motifs is 4. The molecular formula is C17H14ClN5O2. The molecule has 126 valence electrons. The summed E-state index contributed by atoms with van der Waals surface area (Å²) >= 11 is 6.17. The molecule has 0 spiro atoms. The SMILES string of the molecule is Cc1c(Cl)cccc1Nc1nc2nc3cc4c(cc3n2[nH]1)OCCO4. The summed E-state index contributed by atoms with van der Waals surface area (Å²) in [5.74, 6) is 2.59. The average Bonchev–Trinajstić information content (AvgIpc) is 3.14. The van der Waals surface area contributed by atoms with Crippen molar-refractivity contribution in [3.8, 4) is 11.5 Å². The Bertz CT molecular complexity index is 1120. The number of ether oxygens (including phenoxy) is 2. The lowest BCUT2D eigenvalue weighted by atomic mass is 10.2. The van der Waals surface area contributed by atoms with E-state index in [1.165, 1.54) is 0 Å². The molecule has 0 saturated carbocycles. The molecule has 8 heteroatoms. The van der Waals surface area contributed by atoms with Crippen LogP contribution in [0.4, 0.5) is 11.6 Å². The fraction of sp³-hybridized carbons (Fsp3) is 0.176. The summed E-state index contributed by atoms with van der Waals surface area (Å²) in [5, 5.41) is 7.16. The van der Waals surface area contributed by atoms with Crippen molar-refractivity contribution in [1.29, 1.82) is 0 Å². The third kappa shape index (κ3) is 2.27. The first-order valence-corrected chi connectivity index (χ1v) is 8.27. The Labute approximate surface area is 147 Å². The molecule has 0 unspecified atom stereocenters. The quantitative estimate of drug-likeness (QED) is 0.573. The maximum absolute atomic E-state index is 6.17. The first-order chi connectivity index (χ1) is 12.2. The fourth-order valence-corrected chi connectivity index (χ4v) is 3.12. The molecule has 5 rings (SSSR count). The maximum Gasteiger partial charge on any atom is 0.253 e. The molecule has 1 aliphatic heterocycles. The number of H-pyrrole nitrogens is 1. The van der Waals surface area contributed by atoms with Crippen molar-refractivity contribution >= 4 is 40.0 Å².